The molecule has 0 radical (unpaired) electrons. The number of nitrogens with zero attached hydrogens (tertiary/aromatic N) is 1. The van der Waals surface area contributed by atoms with Crippen molar-refractivity contribution in [2.75, 3.05) is 7.11 Å². The summed E-state index contributed by atoms with van der Waals surface area (Å²) in [6, 6.07) is 7.94. The van der Waals surface area contributed by atoms with Gasteiger partial charge in [-0.1, -0.05) is 18.9 Å². The van der Waals surface area contributed by atoms with Crippen LogP contribution >= 0.6 is 15.9 Å². The predicted molar refractivity (Wildman–Crippen MR) is 75.6 cm³/mol. The first-order chi connectivity index (χ1) is 9.17. The Balaban J connectivity index is 2.32. The molecule has 1 fully saturated rings. The minimum absolute atomic E-state index is 0.0773. The summed E-state index contributed by atoms with van der Waals surface area (Å²) in [6.07, 6.45) is 4.04. The molecule has 19 heavy (non-hydrogen) atoms. The third kappa shape index (κ3) is 2.98. The summed E-state index contributed by atoms with van der Waals surface area (Å²) in [5.41, 5.74) is 1.68. The van der Waals surface area contributed by atoms with Crippen molar-refractivity contribution < 1.29 is 9.53 Å². The van der Waals surface area contributed by atoms with Gasteiger partial charge in [-0.15, -0.1) is 0 Å². The molecule has 3 nitrogen and oxygen atoms in total. The van der Waals surface area contributed by atoms with Gasteiger partial charge in [-0.3, -0.25) is 4.79 Å². The first-order valence-corrected chi connectivity index (χ1v) is 7.24. The summed E-state index contributed by atoms with van der Waals surface area (Å²) < 4.78 is 5.70. The number of carbonyl (C=O) groups excluding carboxylic acids is 1. The molecule has 0 aromatic heterocycles. The largest absolute Gasteiger partial charge is 0.469 e. The van der Waals surface area contributed by atoms with E-state index in [4.69, 9.17) is 10.00 Å². The van der Waals surface area contributed by atoms with Gasteiger partial charge in [-0.25, -0.2) is 0 Å². The number of hydrogen-bond acceptors (Lipinski definition) is 3. The minimum atomic E-state index is -0.133. The summed E-state index contributed by atoms with van der Waals surface area (Å²) in [5, 5.41) is 9.09. The van der Waals surface area contributed by atoms with Gasteiger partial charge in [-0.2, -0.15) is 5.26 Å². The third-order valence-electron chi connectivity index (χ3n) is 3.81. The van der Waals surface area contributed by atoms with Crippen LogP contribution in [0.25, 0.3) is 0 Å². The molecule has 2 atom stereocenters. The van der Waals surface area contributed by atoms with Crippen molar-refractivity contribution in [3.8, 4) is 6.07 Å². The summed E-state index contributed by atoms with van der Waals surface area (Å²) >= 11 is 3.36. The van der Waals surface area contributed by atoms with Crippen LogP contribution in [0, 0.1) is 17.2 Å². The maximum absolute atomic E-state index is 11.9. The van der Waals surface area contributed by atoms with Crippen LogP contribution in [0.2, 0.25) is 0 Å². The van der Waals surface area contributed by atoms with Crippen LogP contribution < -0.4 is 0 Å². The van der Waals surface area contributed by atoms with E-state index in [-0.39, 0.29) is 17.8 Å². The topological polar surface area (TPSA) is 50.1 Å². The Morgan fingerprint density at radius 3 is 2.84 bits per heavy atom. The van der Waals surface area contributed by atoms with E-state index in [1.54, 1.807) is 0 Å². The zero-order valence-corrected chi connectivity index (χ0v) is 12.4. The van der Waals surface area contributed by atoms with Crippen LogP contribution in [0.15, 0.2) is 22.7 Å². The number of hydrogen-bond donors (Lipinski definition) is 0. The maximum atomic E-state index is 11.9. The molecule has 0 heterocycles. The average Bonchev–Trinajstić information content (AvgIpc) is 2.47. The Morgan fingerprint density at radius 2 is 2.16 bits per heavy atom. The summed E-state index contributed by atoms with van der Waals surface area (Å²) in [5.74, 6) is -0.0426. The van der Waals surface area contributed by atoms with E-state index < -0.39 is 0 Å². The smallest absolute Gasteiger partial charge is 0.309 e. The fourth-order valence-electron chi connectivity index (χ4n) is 2.82. The molecule has 0 spiro atoms. The van der Waals surface area contributed by atoms with Crippen molar-refractivity contribution in [2.45, 2.75) is 31.6 Å². The Morgan fingerprint density at radius 1 is 1.42 bits per heavy atom. The molecule has 0 amide bonds. The Labute approximate surface area is 121 Å². The fourth-order valence-corrected chi connectivity index (χ4v) is 3.16. The number of benzene rings is 1. The maximum Gasteiger partial charge on any atom is 0.309 e. The lowest BCUT2D eigenvalue weighted by atomic mass is 9.75. The highest BCUT2D eigenvalue weighted by Crippen LogP contribution is 2.39. The zero-order chi connectivity index (χ0) is 13.8. The molecule has 4 heteroatoms. The second kappa shape index (κ2) is 6.21. The fraction of sp³-hybridized carbons (Fsp3) is 0.467. The number of nitriles is 1. The molecule has 2 unspecified atom stereocenters. The molecule has 1 aromatic carbocycles. The Hall–Kier alpha value is -1.34. The Kier molecular flexibility index (Phi) is 4.60. The average molecular weight is 322 g/mol. The normalized spacial score (nSPS) is 22.6. The number of esters is 1. The van der Waals surface area contributed by atoms with E-state index in [9.17, 15) is 4.79 Å². The van der Waals surface area contributed by atoms with Crippen LogP contribution in [-0.2, 0) is 9.53 Å². The van der Waals surface area contributed by atoms with Crippen molar-refractivity contribution >= 4 is 21.9 Å². The number of methoxy groups -OCH3 is 1. The SMILES string of the molecule is COC(=O)C1CCCCC1c1ccc(Br)c(C#N)c1. The molecular weight excluding hydrogens is 306 g/mol. The second-order valence-electron chi connectivity index (χ2n) is 4.87. The molecule has 0 saturated heterocycles. The van der Waals surface area contributed by atoms with Crippen molar-refractivity contribution in [3.63, 3.8) is 0 Å². The lowest BCUT2D eigenvalue weighted by molar-refractivity contribution is -0.147. The number of rotatable bonds is 2. The lowest BCUT2D eigenvalue weighted by Crippen LogP contribution is -2.26. The van der Waals surface area contributed by atoms with Gasteiger partial charge in [0.25, 0.3) is 0 Å². The van der Waals surface area contributed by atoms with E-state index in [0.717, 1.165) is 35.7 Å². The van der Waals surface area contributed by atoms with E-state index >= 15 is 0 Å². The molecule has 0 aliphatic heterocycles. The van der Waals surface area contributed by atoms with Crippen molar-refractivity contribution in [1.29, 1.82) is 5.26 Å². The van der Waals surface area contributed by atoms with E-state index in [1.165, 1.54) is 7.11 Å². The molecule has 0 bridgehead atoms. The second-order valence-corrected chi connectivity index (χ2v) is 5.73. The molecule has 100 valence electrons. The highest BCUT2D eigenvalue weighted by atomic mass is 79.9. The van der Waals surface area contributed by atoms with Crippen LogP contribution in [0.3, 0.4) is 0 Å². The Bertz CT molecular complexity index is 521. The number of halogens is 1. The standard InChI is InChI=1S/C15H16BrNO2/c1-19-15(18)13-5-3-2-4-12(13)10-6-7-14(16)11(8-10)9-17/h6-8,12-13H,2-5H2,1H3. The molecule has 1 saturated carbocycles. The van der Waals surface area contributed by atoms with E-state index in [0.29, 0.717) is 5.56 Å². The number of carbonyl (C=O) groups is 1. The molecular formula is C15H16BrNO2. The van der Waals surface area contributed by atoms with Crippen LogP contribution in [0.1, 0.15) is 42.7 Å². The summed E-state index contributed by atoms with van der Waals surface area (Å²) in [6.45, 7) is 0. The van der Waals surface area contributed by atoms with Gasteiger partial charge in [0, 0.05) is 4.47 Å². The number of ether oxygens (including phenoxy) is 1. The van der Waals surface area contributed by atoms with Crippen LogP contribution in [0.5, 0.6) is 0 Å². The van der Waals surface area contributed by atoms with Crippen LogP contribution in [0.4, 0.5) is 0 Å². The monoisotopic (exact) mass is 321 g/mol. The van der Waals surface area contributed by atoms with Gasteiger partial charge in [0.2, 0.25) is 0 Å². The van der Waals surface area contributed by atoms with Gasteiger partial charge < -0.3 is 4.74 Å². The van der Waals surface area contributed by atoms with Crippen molar-refractivity contribution in [1.82, 2.24) is 0 Å². The zero-order valence-electron chi connectivity index (χ0n) is 10.9. The summed E-state index contributed by atoms with van der Waals surface area (Å²) in [7, 11) is 1.44. The van der Waals surface area contributed by atoms with E-state index in [2.05, 4.69) is 22.0 Å². The molecule has 1 aliphatic rings. The third-order valence-corrected chi connectivity index (χ3v) is 4.50. The molecule has 0 N–H and O–H groups in total. The predicted octanol–water partition coefficient (Wildman–Crippen LogP) is 3.77. The molecule has 2 rings (SSSR count). The van der Waals surface area contributed by atoms with Crippen molar-refractivity contribution in [2.24, 2.45) is 5.92 Å². The molecule has 1 aromatic rings. The highest BCUT2D eigenvalue weighted by Gasteiger charge is 2.32. The lowest BCUT2D eigenvalue weighted by Gasteiger charge is -2.30. The van der Waals surface area contributed by atoms with Gasteiger partial charge in [-0.05, 0) is 52.4 Å². The first-order valence-electron chi connectivity index (χ1n) is 6.44. The van der Waals surface area contributed by atoms with Gasteiger partial charge >= 0.3 is 5.97 Å². The highest BCUT2D eigenvalue weighted by molar-refractivity contribution is 9.10. The van der Waals surface area contributed by atoms with Gasteiger partial charge in [0.15, 0.2) is 0 Å². The van der Waals surface area contributed by atoms with Gasteiger partial charge in [0.05, 0.1) is 18.6 Å². The molecule has 1 aliphatic carbocycles. The summed E-state index contributed by atoms with van der Waals surface area (Å²) in [4.78, 5) is 11.9. The van der Waals surface area contributed by atoms with Crippen molar-refractivity contribution in [3.05, 3.63) is 33.8 Å². The minimum Gasteiger partial charge on any atom is -0.469 e. The quantitative estimate of drug-likeness (QED) is 0.779. The first kappa shape index (κ1) is 14.1. The van der Waals surface area contributed by atoms with Crippen LogP contribution in [-0.4, -0.2) is 13.1 Å². The van der Waals surface area contributed by atoms with E-state index in [1.807, 2.05) is 18.2 Å². The van der Waals surface area contributed by atoms with Gasteiger partial charge in [0.1, 0.15) is 6.07 Å².